The Hall–Kier alpha value is -3.71. The van der Waals surface area contributed by atoms with Crippen molar-refractivity contribution in [2.24, 2.45) is 0 Å². The van der Waals surface area contributed by atoms with Crippen LogP contribution < -0.4 is 15.4 Å². The minimum Gasteiger partial charge on any atom is -0.444 e. The molecule has 2 aromatic rings. The van der Waals surface area contributed by atoms with Crippen molar-refractivity contribution in [2.45, 2.75) is 64.5 Å². The molecule has 2 amide bonds. The van der Waals surface area contributed by atoms with E-state index in [1.54, 1.807) is 27.7 Å². The molecular formula is C24H28F5N5O4. The van der Waals surface area contributed by atoms with Crippen molar-refractivity contribution in [3.05, 3.63) is 41.7 Å². The van der Waals surface area contributed by atoms with Crippen LogP contribution in [0.2, 0.25) is 0 Å². The van der Waals surface area contributed by atoms with Gasteiger partial charge in [-0.15, -0.1) is 13.2 Å². The number of nitrogens with zero attached hydrogens (tertiary/aromatic N) is 3. The molecule has 1 aliphatic rings. The van der Waals surface area contributed by atoms with Crippen LogP contribution in [0.15, 0.2) is 30.5 Å². The minimum atomic E-state index is -4.90. The monoisotopic (exact) mass is 545 g/mol. The number of aromatic nitrogens is 2. The number of alkyl carbamates (subject to hydrolysis) is 1. The molecule has 0 bridgehead atoms. The topological polar surface area (TPSA) is 106 Å². The number of carbonyl (C=O) groups is 2. The number of alkyl halides is 5. The highest BCUT2D eigenvalue weighted by Gasteiger charge is 2.43. The number of ether oxygens (including phenoxy) is 2. The molecule has 3 heterocycles. The summed E-state index contributed by atoms with van der Waals surface area (Å²) in [5, 5.41) is 5.20. The molecule has 14 heteroatoms. The summed E-state index contributed by atoms with van der Waals surface area (Å²) in [5.41, 5.74) is -0.519. The third-order valence-corrected chi connectivity index (χ3v) is 5.35. The van der Waals surface area contributed by atoms with Gasteiger partial charge in [-0.2, -0.15) is 0 Å². The predicted octanol–water partition coefficient (Wildman–Crippen LogP) is 5.19. The van der Waals surface area contributed by atoms with Gasteiger partial charge in [0.1, 0.15) is 28.7 Å². The molecule has 0 aliphatic carbocycles. The fourth-order valence-electron chi connectivity index (χ4n) is 3.71. The van der Waals surface area contributed by atoms with Crippen molar-refractivity contribution in [3.63, 3.8) is 0 Å². The van der Waals surface area contributed by atoms with E-state index in [1.807, 2.05) is 0 Å². The molecule has 1 fully saturated rings. The normalized spacial score (nSPS) is 17.5. The Morgan fingerprint density at radius 2 is 1.87 bits per heavy atom. The molecule has 1 atom stereocenters. The van der Waals surface area contributed by atoms with Gasteiger partial charge in [-0.3, -0.25) is 4.79 Å². The average molecular weight is 546 g/mol. The number of pyridine rings is 2. The maximum Gasteiger partial charge on any atom is 0.573 e. The van der Waals surface area contributed by atoms with E-state index in [4.69, 9.17) is 4.74 Å². The lowest BCUT2D eigenvalue weighted by molar-refractivity contribution is -0.274. The van der Waals surface area contributed by atoms with Crippen LogP contribution >= 0.6 is 0 Å². The first kappa shape index (κ1) is 28.9. The van der Waals surface area contributed by atoms with Crippen molar-refractivity contribution >= 4 is 23.6 Å². The number of rotatable bonds is 6. The van der Waals surface area contributed by atoms with Crippen molar-refractivity contribution in [1.29, 1.82) is 0 Å². The van der Waals surface area contributed by atoms with Gasteiger partial charge in [0.25, 0.3) is 11.8 Å². The standard InChI is InChI=1S/C24H28F5N5O4/c1-14-5-6-17(32-18-11-16(8-10-30-18)37-24(27,28)29)33-19(14)20(35)34-13-23(25,26)9-7-15(34)12-31-21(36)38-22(2,3)4/h5-6,8,10-11,15H,7,9,12-13H2,1-4H3,(H,31,36)(H,30,32,33)/t15-/m1/s1. The average Bonchev–Trinajstić information content (AvgIpc) is 2.76. The zero-order valence-corrected chi connectivity index (χ0v) is 21.2. The highest BCUT2D eigenvalue weighted by Crippen LogP contribution is 2.32. The first-order chi connectivity index (χ1) is 17.5. The molecule has 0 spiro atoms. The first-order valence-electron chi connectivity index (χ1n) is 11.6. The molecule has 0 unspecified atom stereocenters. The van der Waals surface area contributed by atoms with Gasteiger partial charge in [0.05, 0.1) is 12.6 Å². The van der Waals surface area contributed by atoms with Gasteiger partial charge < -0.3 is 25.0 Å². The first-order valence-corrected chi connectivity index (χ1v) is 11.6. The van der Waals surface area contributed by atoms with Crippen molar-refractivity contribution in [2.75, 3.05) is 18.4 Å². The minimum absolute atomic E-state index is 0.0443. The number of aryl methyl sites for hydroxylation is 1. The van der Waals surface area contributed by atoms with Crippen LogP contribution in [-0.4, -0.2) is 63.9 Å². The molecule has 0 aromatic carbocycles. The summed E-state index contributed by atoms with van der Waals surface area (Å²) in [5.74, 6) is -4.45. The smallest absolute Gasteiger partial charge is 0.444 e. The summed E-state index contributed by atoms with van der Waals surface area (Å²) >= 11 is 0. The molecule has 2 N–H and O–H groups in total. The molecule has 9 nitrogen and oxygen atoms in total. The van der Waals surface area contributed by atoms with E-state index in [1.165, 1.54) is 12.1 Å². The lowest BCUT2D eigenvalue weighted by Gasteiger charge is -2.39. The largest absolute Gasteiger partial charge is 0.573 e. The van der Waals surface area contributed by atoms with Crippen LogP contribution in [-0.2, 0) is 4.74 Å². The van der Waals surface area contributed by atoms with Crippen molar-refractivity contribution < 1.29 is 41.0 Å². The van der Waals surface area contributed by atoms with Crippen LogP contribution in [0.1, 0.15) is 49.7 Å². The Labute approximate surface area is 215 Å². The number of amides is 2. The highest BCUT2D eigenvalue weighted by molar-refractivity contribution is 5.94. The summed E-state index contributed by atoms with van der Waals surface area (Å²) in [6.45, 7) is 5.61. The highest BCUT2D eigenvalue weighted by atomic mass is 19.4. The summed E-state index contributed by atoms with van der Waals surface area (Å²) in [6, 6.07) is 4.22. The van der Waals surface area contributed by atoms with E-state index in [0.29, 0.717) is 5.56 Å². The van der Waals surface area contributed by atoms with Crippen LogP contribution in [0.4, 0.5) is 38.4 Å². The zero-order chi connectivity index (χ0) is 28.3. The molecule has 0 saturated carbocycles. The van der Waals surface area contributed by atoms with Crippen molar-refractivity contribution in [3.8, 4) is 5.75 Å². The van der Waals surface area contributed by atoms with E-state index in [9.17, 15) is 31.5 Å². The van der Waals surface area contributed by atoms with E-state index in [2.05, 4.69) is 25.3 Å². The number of likely N-dealkylation sites (tertiary alicyclic amines) is 1. The predicted molar refractivity (Wildman–Crippen MR) is 126 cm³/mol. The molecule has 1 aliphatic heterocycles. The van der Waals surface area contributed by atoms with Gasteiger partial charge in [-0.05, 0) is 51.8 Å². The summed E-state index contributed by atoms with van der Waals surface area (Å²) < 4.78 is 75.2. The maximum atomic E-state index is 14.3. The van der Waals surface area contributed by atoms with Crippen LogP contribution in [0.5, 0.6) is 5.75 Å². The lowest BCUT2D eigenvalue weighted by atomic mass is 9.98. The van der Waals surface area contributed by atoms with E-state index in [0.717, 1.165) is 23.2 Å². The second-order valence-electron chi connectivity index (χ2n) is 9.78. The van der Waals surface area contributed by atoms with Gasteiger partial charge in [-0.1, -0.05) is 6.07 Å². The molecule has 3 rings (SSSR count). The quantitative estimate of drug-likeness (QED) is 0.481. The van der Waals surface area contributed by atoms with Gasteiger partial charge in [0.15, 0.2) is 0 Å². The third-order valence-electron chi connectivity index (χ3n) is 5.35. The van der Waals surface area contributed by atoms with Crippen LogP contribution in [0.3, 0.4) is 0 Å². The van der Waals surface area contributed by atoms with E-state index < -0.39 is 54.6 Å². The Morgan fingerprint density at radius 3 is 2.53 bits per heavy atom. The number of piperidine rings is 1. The number of hydrogen-bond acceptors (Lipinski definition) is 7. The van der Waals surface area contributed by atoms with Crippen LogP contribution in [0, 0.1) is 6.92 Å². The maximum absolute atomic E-state index is 14.3. The second-order valence-corrected chi connectivity index (χ2v) is 9.78. The second kappa shape index (κ2) is 11.0. The Bertz CT molecular complexity index is 1170. The fraction of sp³-hybridized carbons (Fsp3) is 0.500. The van der Waals surface area contributed by atoms with E-state index in [-0.39, 0.29) is 30.3 Å². The lowest BCUT2D eigenvalue weighted by Crippen LogP contribution is -2.55. The Balaban J connectivity index is 1.80. The summed E-state index contributed by atoms with van der Waals surface area (Å²) in [6.07, 6.45) is -5.09. The fourth-order valence-corrected chi connectivity index (χ4v) is 3.71. The van der Waals surface area contributed by atoms with Gasteiger partial charge >= 0.3 is 12.5 Å². The Kier molecular flexibility index (Phi) is 8.32. The zero-order valence-electron chi connectivity index (χ0n) is 21.2. The van der Waals surface area contributed by atoms with Gasteiger partial charge in [0, 0.05) is 25.2 Å². The molecule has 38 heavy (non-hydrogen) atoms. The van der Waals surface area contributed by atoms with Crippen molar-refractivity contribution in [1.82, 2.24) is 20.2 Å². The van der Waals surface area contributed by atoms with Crippen LogP contribution in [0.25, 0.3) is 0 Å². The molecular weight excluding hydrogens is 517 g/mol. The number of hydrogen-bond donors (Lipinski definition) is 2. The SMILES string of the molecule is Cc1ccc(Nc2cc(OC(F)(F)F)ccn2)nc1C(=O)N1CC(F)(F)CC[C@@H]1CNC(=O)OC(C)(C)C. The number of anilines is 2. The van der Waals surface area contributed by atoms with Gasteiger partial charge in [0.2, 0.25) is 0 Å². The summed E-state index contributed by atoms with van der Waals surface area (Å²) in [4.78, 5) is 34.6. The number of nitrogens with one attached hydrogen (secondary N) is 2. The van der Waals surface area contributed by atoms with E-state index >= 15 is 0 Å². The molecule has 0 radical (unpaired) electrons. The molecule has 1 saturated heterocycles. The molecule has 2 aromatic heterocycles. The molecule has 208 valence electrons. The number of halogens is 5. The Morgan fingerprint density at radius 1 is 1.16 bits per heavy atom. The van der Waals surface area contributed by atoms with Gasteiger partial charge in [-0.25, -0.2) is 23.5 Å². The summed E-state index contributed by atoms with van der Waals surface area (Å²) in [7, 11) is 0. The third kappa shape index (κ3) is 8.42. The number of carbonyl (C=O) groups excluding carboxylic acids is 2.